The van der Waals surface area contributed by atoms with Gasteiger partial charge in [0.2, 0.25) is 0 Å². The van der Waals surface area contributed by atoms with Gasteiger partial charge in [0.25, 0.3) is 0 Å². The molecule has 1 aliphatic rings. The van der Waals surface area contributed by atoms with Gasteiger partial charge in [-0.25, -0.2) is 0 Å². The molecule has 0 saturated carbocycles. The van der Waals surface area contributed by atoms with Crippen molar-refractivity contribution < 1.29 is 0 Å². The molecule has 0 atom stereocenters. The molecule has 1 aliphatic carbocycles. The maximum atomic E-state index is 5.50. The fraction of sp³-hybridized carbons (Fsp3) is 0.0896. The van der Waals surface area contributed by atoms with Crippen LogP contribution >= 0.6 is 0 Å². The summed E-state index contributed by atoms with van der Waals surface area (Å²) in [7, 11) is 0. The third-order valence-electron chi connectivity index (χ3n) is 12.4. The Hall–Kier alpha value is -8.93. The smallest absolute Gasteiger partial charge is 0.0541 e. The van der Waals surface area contributed by atoms with E-state index < -0.39 is 0 Å². The van der Waals surface area contributed by atoms with E-state index in [9.17, 15) is 0 Å². The summed E-state index contributed by atoms with van der Waals surface area (Å²) in [5.41, 5.74) is 17.0. The number of aromatic nitrogens is 3. The first-order valence-corrected chi connectivity index (χ1v) is 24.5. The van der Waals surface area contributed by atoms with E-state index in [1.54, 1.807) is 6.08 Å². The lowest BCUT2D eigenvalue weighted by atomic mass is 10.0. The first-order chi connectivity index (χ1) is 35.5. The number of fused-ring (bicyclic) bond motifs is 9. The van der Waals surface area contributed by atoms with Crippen LogP contribution in [0.5, 0.6) is 0 Å². The van der Waals surface area contributed by atoms with Crippen LogP contribution in [0.25, 0.3) is 89.2 Å². The topological polar surface area (TPSA) is 64.7 Å². The first kappa shape index (κ1) is 50.9. The summed E-state index contributed by atoms with van der Waals surface area (Å²) >= 11 is 0. The minimum atomic E-state index is 0.785. The second-order valence-corrected chi connectivity index (χ2v) is 17.0. The van der Waals surface area contributed by atoms with Gasteiger partial charge in [0.05, 0.1) is 22.1 Å². The summed E-state index contributed by atoms with van der Waals surface area (Å²) in [5, 5.41) is 14.5. The van der Waals surface area contributed by atoms with E-state index in [1.165, 1.54) is 88.0 Å². The largest absolute Gasteiger partial charge is 0.405 e. The number of nitrogens with one attached hydrogen (secondary N) is 1. The van der Waals surface area contributed by atoms with E-state index in [-0.39, 0.29) is 0 Å². The number of nitrogens with zero attached hydrogens (tertiary/aromatic N) is 3. The van der Waals surface area contributed by atoms with E-state index in [2.05, 4.69) is 199 Å². The van der Waals surface area contributed by atoms with Crippen LogP contribution in [0.3, 0.4) is 0 Å². The van der Waals surface area contributed by atoms with Gasteiger partial charge >= 0.3 is 0 Å². The lowest BCUT2D eigenvalue weighted by molar-refractivity contribution is 0.819. The summed E-state index contributed by atoms with van der Waals surface area (Å²) in [6, 6.07) is 39.9. The summed E-state index contributed by atoms with van der Waals surface area (Å²) in [4.78, 5) is 0. The molecule has 5 aromatic carbocycles. The molecule has 3 aromatic heterocycles. The SMILES string of the molecule is C/C=C/C=C\C=C/C=C/C=C/C=C\C=C/N.C=C/C=C(\C=C/C)n1c2ccccc2c2cc(-c3ccc4c(c3)c3c(n4C/C=C(C)\C=C(/C=C)n4c5ccccc5c5ccccc54)=CCCC=3)ccc21.C=N. The molecule has 3 N–H and O–H groups in total. The molecule has 72 heavy (non-hydrogen) atoms. The molecule has 0 bridgehead atoms. The average Bonchev–Trinajstić information content (AvgIpc) is 4.05. The molecule has 0 radical (unpaired) electrons. The van der Waals surface area contributed by atoms with Crippen molar-refractivity contribution in [3.8, 4) is 11.1 Å². The van der Waals surface area contributed by atoms with Crippen LogP contribution in [0.2, 0.25) is 0 Å². The Morgan fingerprint density at radius 3 is 1.58 bits per heavy atom. The highest BCUT2D eigenvalue weighted by Crippen LogP contribution is 2.36. The van der Waals surface area contributed by atoms with Crippen LogP contribution in [0.4, 0.5) is 0 Å². The zero-order valence-corrected chi connectivity index (χ0v) is 41.8. The third kappa shape index (κ3) is 11.4. The number of benzene rings is 5. The van der Waals surface area contributed by atoms with Crippen LogP contribution < -0.4 is 16.3 Å². The van der Waals surface area contributed by atoms with Crippen molar-refractivity contribution in [2.45, 2.75) is 40.2 Å². The quantitative estimate of drug-likeness (QED) is 0.0781. The molecular weight excluding hydrogens is 875 g/mol. The van der Waals surface area contributed by atoms with Gasteiger partial charge in [0.1, 0.15) is 0 Å². The first-order valence-electron chi connectivity index (χ1n) is 24.5. The van der Waals surface area contributed by atoms with Gasteiger partial charge in [-0.05, 0) is 131 Å². The zero-order valence-electron chi connectivity index (χ0n) is 41.8. The van der Waals surface area contributed by atoms with Gasteiger partial charge in [-0.15, -0.1) is 0 Å². The molecule has 0 unspecified atom stereocenters. The van der Waals surface area contributed by atoms with Crippen molar-refractivity contribution in [3.63, 3.8) is 0 Å². The maximum Gasteiger partial charge on any atom is 0.0541 e. The molecule has 0 amide bonds. The third-order valence-corrected chi connectivity index (χ3v) is 12.4. The highest BCUT2D eigenvalue weighted by Gasteiger charge is 2.16. The predicted octanol–water partition coefficient (Wildman–Crippen LogP) is 16.2. The Bertz CT molecular complexity index is 3630. The van der Waals surface area contributed by atoms with Gasteiger partial charge in [0.15, 0.2) is 0 Å². The fourth-order valence-electron chi connectivity index (χ4n) is 9.35. The van der Waals surface area contributed by atoms with Crippen LogP contribution in [-0.2, 0) is 6.54 Å². The van der Waals surface area contributed by atoms with Crippen molar-refractivity contribution in [1.82, 2.24) is 13.7 Å². The Morgan fingerprint density at radius 1 is 0.556 bits per heavy atom. The lowest BCUT2D eigenvalue weighted by Crippen LogP contribution is -2.30. The normalized spacial score (nSPS) is 13.7. The van der Waals surface area contributed by atoms with Crippen LogP contribution in [0.15, 0.2) is 256 Å². The van der Waals surface area contributed by atoms with Gasteiger partial charge in [-0.1, -0.05) is 189 Å². The molecule has 0 fully saturated rings. The van der Waals surface area contributed by atoms with Crippen LogP contribution in [-0.4, -0.2) is 20.4 Å². The summed E-state index contributed by atoms with van der Waals surface area (Å²) < 4.78 is 7.16. The summed E-state index contributed by atoms with van der Waals surface area (Å²) in [6.07, 6.45) is 48.6. The minimum Gasteiger partial charge on any atom is -0.405 e. The van der Waals surface area contributed by atoms with Crippen molar-refractivity contribution in [2.75, 3.05) is 0 Å². The standard InChI is InChI=1S/C51H43N3.C15H19N.CH3N/c1-5-16-39(17-6-2)54-50-25-15-11-21-43(50)45-34-37(27-29-51(45)54)36-26-28-47-44(33-36)42-20-8-12-22-46(42)52(47)31-30-35(4)32-38(7-3)53-48-23-13-9-18-40(48)41-19-10-14-24-49(41)53;1-2-3-4-5-6-7-8-9-10-11-12-13-14-15-16;1-2/h5-7,9-11,13-30,32-34H,1,3,8,12,31H2,2,4H3;2-15H,16H2,1H3;2H,1H2/b17-6-,35-30-,38-32+,39-16+;3-2+,5-4-,7-6-,9-8+,11-10+,13-12-,15-14-;. The van der Waals surface area contributed by atoms with E-state index in [0.29, 0.717) is 0 Å². The monoisotopic (exact) mass is 940 g/mol. The van der Waals surface area contributed by atoms with Gasteiger partial charge in [0, 0.05) is 61.0 Å². The molecule has 8 aromatic rings. The maximum absolute atomic E-state index is 5.50. The molecule has 0 aliphatic heterocycles. The molecule has 0 spiro atoms. The van der Waals surface area contributed by atoms with Gasteiger partial charge in [-0.2, -0.15) is 0 Å². The second-order valence-electron chi connectivity index (χ2n) is 17.0. The molecule has 3 heterocycles. The molecular formula is C67H65N5. The molecule has 5 heteroatoms. The van der Waals surface area contributed by atoms with Crippen molar-refractivity contribution >= 4 is 84.8 Å². The average molecular weight is 940 g/mol. The number of para-hydroxylation sites is 3. The Kier molecular flexibility index (Phi) is 18.1. The Balaban J connectivity index is 0.000000363. The summed E-state index contributed by atoms with van der Waals surface area (Å²) in [5.74, 6) is 0. The van der Waals surface area contributed by atoms with E-state index >= 15 is 0 Å². The Labute approximate surface area is 425 Å². The zero-order chi connectivity index (χ0) is 50.7. The van der Waals surface area contributed by atoms with E-state index in [4.69, 9.17) is 11.1 Å². The van der Waals surface area contributed by atoms with Gasteiger partial charge < -0.3 is 24.8 Å². The van der Waals surface area contributed by atoms with Crippen molar-refractivity contribution in [1.29, 1.82) is 5.41 Å². The number of nitrogens with two attached hydrogens (primary N) is 1. The van der Waals surface area contributed by atoms with Gasteiger partial charge in [-0.3, -0.25) is 0 Å². The van der Waals surface area contributed by atoms with Crippen LogP contribution in [0.1, 0.15) is 33.6 Å². The van der Waals surface area contributed by atoms with E-state index in [0.717, 1.165) is 30.8 Å². The highest BCUT2D eigenvalue weighted by atomic mass is 15.0. The van der Waals surface area contributed by atoms with Crippen LogP contribution in [0, 0.1) is 5.41 Å². The lowest BCUT2D eigenvalue weighted by Gasteiger charge is -2.10. The Morgan fingerprint density at radius 2 is 1.04 bits per heavy atom. The molecule has 9 rings (SSSR count). The minimum absolute atomic E-state index is 0.785. The number of hydrogen-bond donors (Lipinski definition) is 2. The highest BCUT2D eigenvalue weighted by molar-refractivity contribution is 6.12. The second kappa shape index (κ2) is 25.6. The number of allylic oxidation sites excluding steroid dienone is 23. The molecule has 5 nitrogen and oxygen atoms in total. The van der Waals surface area contributed by atoms with Crippen molar-refractivity contribution in [2.24, 2.45) is 5.73 Å². The predicted molar refractivity (Wildman–Crippen MR) is 318 cm³/mol. The van der Waals surface area contributed by atoms with E-state index in [1.807, 2.05) is 92.0 Å². The summed E-state index contributed by atoms with van der Waals surface area (Å²) in [6.45, 7) is 17.8. The molecule has 358 valence electrons. The molecule has 0 saturated heterocycles. The fourth-order valence-corrected chi connectivity index (χ4v) is 9.35. The van der Waals surface area contributed by atoms with Crippen molar-refractivity contribution in [3.05, 3.63) is 266 Å². The number of hydrogen-bond acceptors (Lipinski definition) is 2. The number of rotatable bonds is 15.